The highest BCUT2D eigenvalue weighted by atomic mass is 79.9. The van der Waals surface area contributed by atoms with E-state index < -0.39 is 15.0 Å². The topological polar surface area (TPSA) is 98.9 Å². The number of non-ortho nitro benzene ring substituents is 1. The third-order valence-electron chi connectivity index (χ3n) is 3.89. The SMILES string of the molecule is Cc1ccc(S(=O)(=O)Oc2ccc(C=Nc3ccc([N+](=O)[O-])cc3)cc2Br)cc1. The molecule has 0 fully saturated rings. The third kappa shape index (κ3) is 5.27. The van der Waals surface area contributed by atoms with E-state index in [9.17, 15) is 18.5 Å². The molecule has 9 heteroatoms. The highest BCUT2D eigenvalue weighted by Crippen LogP contribution is 2.29. The molecule has 3 rings (SSSR count). The first-order valence-electron chi connectivity index (χ1n) is 8.34. The van der Waals surface area contributed by atoms with Crippen LogP contribution in [0.5, 0.6) is 5.75 Å². The lowest BCUT2D eigenvalue weighted by Crippen LogP contribution is -2.10. The van der Waals surface area contributed by atoms with Crippen LogP contribution in [0.3, 0.4) is 0 Å². The van der Waals surface area contributed by atoms with Crippen LogP contribution in [0.25, 0.3) is 0 Å². The zero-order valence-corrected chi connectivity index (χ0v) is 17.6. The summed E-state index contributed by atoms with van der Waals surface area (Å²) in [6.07, 6.45) is 1.56. The minimum absolute atomic E-state index is 0.0111. The van der Waals surface area contributed by atoms with E-state index in [1.54, 1.807) is 30.5 Å². The Morgan fingerprint density at radius 1 is 1.03 bits per heavy atom. The van der Waals surface area contributed by atoms with E-state index in [1.807, 2.05) is 6.92 Å². The van der Waals surface area contributed by atoms with Crippen molar-refractivity contribution < 1.29 is 17.5 Å². The van der Waals surface area contributed by atoms with E-state index in [2.05, 4.69) is 20.9 Å². The molecule has 0 saturated carbocycles. The number of nitro benzene ring substituents is 1. The standard InChI is InChI=1S/C20H15BrN2O5S/c1-14-2-9-18(10-3-14)29(26,27)28-20-11-4-15(12-19(20)21)13-22-16-5-7-17(8-6-16)23(24)25/h2-13H,1H3. The summed E-state index contributed by atoms with van der Waals surface area (Å²) in [6, 6.07) is 17.0. The number of benzene rings is 3. The van der Waals surface area contributed by atoms with E-state index in [1.165, 1.54) is 42.5 Å². The first kappa shape index (κ1) is 20.7. The lowest BCUT2D eigenvalue weighted by molar-refractivity contribution is -0.384. The molecule has 0 N–H and O–H groups in total. The largest absolute Gasteiger partial charge is 0.378 e. The van der Waals surface area contributed by atoms with Crippen molar-refractivity contribution in [1.82, 2.24) is 0 Å². The fraction of sp³-hybridized carbons (Fsp3) is 0.0500. The maximum atomic E-state index is 12.4. The highest BCUT2D eigenvalue weighted by molar-refractivity contribution is 9.10. The number of halogens is 1. The number of hydrogen-bond acceptors (Lipinski definition) is 6. The number of rotatable bonds is 6. The van der Waals surface area contributed by atoms with Crippen LogP contribution in [0.15, 0.2) is 81.1 Å². The van der Waals surface area contributed by atoms with E-state index in [4.69, 9.17) is 4.18 Å². The van der Waals surface area contributed by atoms with Crippen LogP contribution in [0.2, 0.25) is 0 Å². The van der Waals surface area contributed by atoms with Gasteiger partial charge in [0.2, 0.25) is 0 Å². The van der Waals surface area contributed by atoms with Crippen molar-refractivity contribution in [2.75, 3.05) is 0 Å². The molecule has 3 aromatic carbocycles. The van der Waals surface area contributed by atoms with Crippen LogP contribution >= 0.6 is 15.9 Å². The van der Waals surface area contributed by atoms with Gasteiger partial charge in [-0.05, 0) is 70.9 Å². The highest BCUT2D eigenvalue weighted by Gasteiger charge is 2.18. The van der Waals surface area contributed by atoms with Crippen LogP contribution in [-0.2, 0) is 10.1 Å². The Labute approximate surface area is 176 Å². The predicted molar refractivity (Wildman–Crippen MR) is 113 cm³/mol. The molecule has 0 aromatic heterocycles. The Bertz CT molecular complexity index is 1170. The predicted octanol–water partition coefficient (Wildman–Crippen LogP) is 5.18. The summed E-state index contributed by atoms with van der Waals surface area (Å²) in [6.45, 7) is 1.87. The van der Waals surface area contributed by atoms with E-state index in [-0.39, 0.29) is 16.3 Å². The van der Waals surface area contributed by atoms with Gasteiger partial charge in [-0.25, -0.2) is 0 Å². The molecule has 0 aliphatic rings. The normalized spacial score (nSPS) is 11.5. The first-order chi connectivity index (χ1) is 13.7. The molecule has 0 bridgehead atoms. The van der Waals surface area contributed by atoms with Crippen molar-refractivity contribution >= 4 is 43.6 Å². The van der Waals surface area contributed by atoms with Crippen molar-refractivity contribution in [3.8, 4) is 5.75 Å². The molecule has 29 heavy (non-hydrogen) atoms. The molecule has 0 heterocycles. The molecule has 3 aromatic rings. The van der Waals surface area contributed by atoms with Crippen molar-refractivity contribution in [1.29, 1.82) is 0 Å². The second-order valence-corrected chi connectivity index (χ2v) is 8.47. The van der Waals surface area contributed by atoms with Crippen molar-refractivity contribution in [3.63, 3.8) is 0 Å². The second kappa shape index (κ2) is 8.54. The van der Waals surface area contributed by atoms with Gasteiger partial charge in [-0.3, -0.25) is 15.1 Å². The zero-order valence-electron chi connectivity index (χ0n) is 15.2. The van der Waals surface area contributed by atoms with Gasteiger partial charge in [-0.2, -0.15) is 8.42 Å². The monoisotopic (exact) mass is 474 g/mol. The van der Waals surface area contributed by atoms with Gasteiger partial charge in [0, 0.05) is 18.3 Å². The smallest absolute Gasteiger partial charge is 0.339 e. The molecule has 0 radical (unpaired) electrons. The lowest BCUT2D eigenvalue weighted by atomic mass is 10.2. The Morgan fingerprint density at radius 3 is 2.28 bits per heavy atom. The van der Waals surface area contributed by atoms with Gasteiger partial charge < -0.3 is 4.18 Å². The van der Waals surface area contributed by atoms with Crippen LogP contribution in [-0.4, -0.2) is 19.6 Å². The molecule has 148 valence electrons. The first-order valence-corrected chi connectivity index (χ1v) is 10.5. The summed E-state index contributed by atoms with van der Waals surface area (Å²) in [5.41, 5.74) is 2.18. The Kier molecular flexibility index (Phi) is 6.09. The quantitative estimate of drug-likeness (QED) is 0.212. The average Bonchev–Trinajstić information content (AvgIpc) is 2.69. The van der Waals surface area contributed by atoms with Crippen LogP contribution in [0.4, 0.5) is 11.4 Å². The number of hydrogen-bond donors (Lipinski definition) is 0. The lowest BCUT2D eigenvalue weighted by Gasteiger charge is -2.09. The fourth-order valence-electron chi connectivity index (χ4n) is 2.35. The zero-order chi connectivity index (χ0) is 21.0. The van der Waals surface area contributed by atoms with E-state index in [0.29, 0.717) is 15.7 Å². The second-order valence-electron chi connectivity index (χ2n) is 6.07. The van der Waals surface area contributed by atoms with Gasteiger partial charge >= 0.3 is 10.1 Å². The Hall–Kier alpha value is -3.04. The van der Waals surface area contributed by atoms with Crippen molar-refractivity contribution in [2.24, 2.45) is 4.99 Å². The molecule has 0 aliphatic carbocycles. The van der Waals surface area contributed by atoms with Gasteiger partial charge in [-0.15, -0.1) is 0 Å². The van der Waals surface area contributed by atoms with Gasteiger partial charge in [0.25, 0.3) is 5.69 Å². The molecule has 0 unspecified atom stereocenters. The van der Waals surface area contributed by atoms with Gasteiger partial charge in [0.15, 0.2) is 5.75 Å². The van der Waals surface area contributed by atoms with Crippen molar-refractivity contribution in [2.45, 2.75) is 11.8 Å². The number of aryl methyl sites for hydroxylation is 1. The van der Waals surface area contributed by atoms with Gasteiger partial charge in [0.05, 0.1) is 15.1 Å². The average molecular weight is 475 g/mol. The molecule has 7 nitrogen and oxygen atoms in total. The minimum atomic E-state index is -3.95. The molecular formula is C20H15BrN2O5S. The minimum Gasteiger partial charge on any atom is -0.378 e. The number of nitro groups is 1. The number of aliphatic imine (C=N–C) groups is 1. The third-order valence-corrected chi connectivity index (χ3v) is 5.76. The molecular weight excluding hydrogens is 460 g/mol. The summed E-state index contributed by atoms with van der Waals surface area (Å²) in [4.78, 5) is 14.5. The number of nitrogens with zero attached hydrogens (tertiary/aromatic N) is 2. The van der Waals surface area contributed by atoms with Crippen LogP contribution in [0.1, 0.15) is 11.1 Å². The fourth-order valence-corrected chi connectivity index (χ4v) is 3.88. The van der Waals surface area contributed by atoms with Gasteiger partial charge in [0.1, 0.15) is 4.90 Å². The van der Waals surface area contributed by atoms with E-state index >= 15 is 0 Å². The summed E-state index contributed by atoms with van der Waals surface area (Å²) in [5, 5.41) is 10.7. The molecule has 0 aliphatic heterocycles. The maximum absolute atomic E-state index is 12.4. The maximum Gasteiger partial charge on any atom is 0.339 e. The Morgan fingerprint density at radius 2 is 1.69 bits per heavy atom. The Balaban J connectivity index is 1.76. The van der Waals surface area contributed by atoms with Crippen molar-refractivity contribution in [3.05, 3.63) is 92.4 Å². The molecule has 0 spiro atoms. The molecule has 0 amide bonds. The van der Waals surface area contributed by atoms with E-state index in [0.717, 1.165) is 5.56 Å². The summed E-state index contributed by atoms with van der Waals surface area (Å²) >= 11 is 3.31. The van der Waals surface area contributed by atoms with Gasteiger partial charge in [-0.1, -0.05) is 17.7 Å². The summed E-state index contributed by atoms with van der Waals surface area (Å²) in [7, 11) is -3.95. The molecule has 0 atom stereocenters. The summed E-state index contributed by atoms with van der Waals surface area (Å²) < 4.78 is 30.5. The summed E-state index contributed by atoms with van der Waals surface area (Å²) in [5.74, 6) is 0.151. The molecule has 0 saturated heterocycles. The van der Waals surface area contributed by atoms with Crippen LogP contribution in [0, 0.1) is 17.0 Å². The van der Waals surface area contributed by atoms with Crippen LogP contribution < -0.4 is 4.18 Å².